The van der Waals surface area contributed by atoms with E-state index >= 15 is 0 Å². The van der Waals surface area contributed by atoms with Crippen LogP contribution in [-0.4, -0.2) is 34.1 Å². The highest BCUT2D eigenvalue weighted by molar-refractivity contribution is 5.97. The molecule has 0 radical (unpaired) electrons. The highest BCUT2D eigenvalue weighted by atomic mass is 16.2. The number of H-pyrrole nitrogens is 1. The molecule has 0 aliphatic carbocycles. The minimum atomic E-state index is -0.141. The van der Waals surface area contributed by atoms with Crippen molar-refractivity contribution in [2.75, 3.05) is 18.8 Å². The van der Waals surface area contributed by atoms with Gasteiger partial charge in [0.1, 0.15) is 0 Å². The molecule has 0 unspecified atom stereocenters. The maximum Gasteiger partial charge on any atom is 0.276 e. The number of nitrogens with one attached hydrogen (secondary N) is 1. The van der Waals surface area contributed by atoms with Crippen LogP contribution in [0.3, 0.4) is 0 Å². The fourth-order valence-corrected chi connectivity index (χ4v) is 1.82. The smallest absolute Gasteiger partial charge is 0.276 e. The van der Waals surface area contributed by atoms with Crippen LogP contribution in [0.15, 0.2) is 12.7 Å². The van der Waals surface area contributed by atoms with Gasteiger partial charge in [0.05, 0.1) is 11.4 Å². The zero-order valence-corrected chi connectivity index (χ0v) is 11.4. The van der Waals surface area contributed by atoms with E-state index in [2.05, 4.69) is 16.8 Å². The van der Waals surface area contributed by atoms with Gasteiger partial charge in [0.15, 0.2) is 5.69 Å². The number of nitrogen functional groups attached to an aromatic ring is 1. The summed E-state index contributed by atoms with van der Waals surface area (Å²) in [5.74, 6) is 0.0791. The number of carbonyl (C=O) groups excluding carboxylic acids is 1. The fourth-order valence-electron chi connectivity index (χ4n) is 1.82. The summed E-state index contributed by atoms with van der Waals surface area (Å²) in [5.41, 5.74) is 7.55. The van der Waals surface area contributed by atoms with Gasteiger partial charge in [-0.15, -0.1) is 6.58 Å². The quantitative estimate of drug-likeness (QED) is 0.760. The molecule has 0 saturated heterocycles. The monoisotopic (exact) mass is 250 g/mol. The van der Waals surface area contributed by atoms with Crippen molar-refractivity contribution in [3.63, 3.8) is 0 Å². The van der Waals surface area contributed by atoms with Crippen LogP contribution in [0.4, 0.5) is 5.69 Å². The maximum atomic E-state index is 12.3. The Labute approximate surface area is 108 Å². The number of nitrogens with zero attached hydrogens (tertiary/aromatic N) is 2. The van der Waals surface area contributed by atoms with Crippen molar-refractivity contribution in [1.82, 2.24) is 15.1 Å². The largest absolute Gasteiger partial charge is 0.395 e. The summed E-state index contributed by atoms with van der Waals surface area (Å²) in [6.45, 7) is 10.9. The van der Waals surface area contributed by atoms with Gasteiger partial charge in [0.25, 0.3) is 5.91 Å². The molecule has 5 heteroatoms. The SMILES string of the molecule is C=CCN(CCC)C(=O)c1n[nH]c(C(C)C)c1N. The first-order chi connectivity index (χ1) is 8.52. The number of hydrogen-bond acceptors (Lipinski definition) is 3. The van der Waals surface area contributed by atoms with Crippen molar-refractivity contribution in [2.24, 2.45) is 0 Å². The maximum absolute atomic E-state index is 12.3. The Morgan fingerprint density at radius 2 is 2.28 bits per heavy atom. The van der Waals surface area contributed by atoms with E-state index in [0.29, 0.717) is 24.5 Å². The normalized spacial score (nSPS) is 10.7. The van der Waals surface area contributed by atoms with E-state index in [1.54, 1.807) is 11.0 Å². The molecule has 0 aliphatic heterocycles. The van der Waals surface area contributed by atoms with E-state index in [1.165, 1.54) is 0 Å². The number of hydrogen-bond donors (Lipinski definition) is 2. The van der Waals surface area contributed by atoms with Gasteiger partial charge in [-0.05, 0) is 12.3 Å². The van der Waals surface area contributed by atoms with Gasteiger partial charge in [0.2, 0.25) is 0 Å². The third-order valence-electron chi connectivity index (χ3n) is 2.74. The van der Waals surface area contributed by atoms with Crippen LogP contribution in [0.25, 0.3) is 0 Å². The van der Waals surface area contributed by atoms with Crippen LogP contribution in [0.5, 0.6) is 0 Å². The number of nitrogens with two attached hydrogens (primary N) is 1. The standard InChI is InChI=1S/C13H22N4O/c1-5-7-17(8-6-2)13(18)12-10(14)11(9(3)4)15-16-12/h5,9H,1,6-8,14H2,2-4H3,(H,15,16). The summed E-state index contributed by atoms with van der Waals surface area (Å²) >= 11 is 0. The molecule has 1 aromatic heterocycles. The number of aromatic amines is 1. The first-order valence-corrected chi connectivity index (χ1v) is 6.26. The van der Waals surface area contributed by atoms with Gasteiger partial charge in [-0.2, -0.15) is 5.10 Å². The number of anilines is 1. The van der Waals surface area contributed by atoms with Crippen LogP contribution in [0.2, 0.25) is 0 Å². The van der Waals surface area contributed by atoms with Crippen LogP contribution in [0.1, 0.15) is 49.3 Å². The molecule has 0 fully saturated rings. The second kappa shape index (κ2) is 6.23. The highest BCUT2D eigenvalue weighted by Gasteiger charge is 2.22. The first-order valence-electron chi connectivity index (χ1n) is 6.26. The Bertz CT molecular complexity index is 423. The summed E-state index contributed by atoms with van der Waals surface area (Å²) in [7, 11) is 0. The molecule has 0 spiro atoms. The molecule has 1 heterocycles. The molecule has 18 heavy (non-hydrogen) atoms. The fraction of sp³-hybridized carbons (Fsp3) is 0.538. The predicted octanol–water partition coefficient (Wildman–Crippen LogP) is 2.15. The van der Waals surface area contributed by atoms with E-state index in [4.69, 9.17) is 5.73 Å². The first kappa shape index (κ1) is 14.3. The topological polar surface area (TPSA) is 75.0 Å². The molecule has 1 aromatic rings. The molecule has 3 N–H and O–H groups in total. The third-order valence-corrected chi connectivity index (χ3v) is 2.74. The Morgan fingerprint density at radius 1 is 1.61 bits per heavy atom. The summed E-state index contributed by atoms with van der Waals surface area (Å²) in [6.07, 6.45) is 2.60. The molecule has 100 valence electrons. The van der Waals surface area contributed by atoms with E-state index < -0.39 is 0 Å². The summed E-state index contributed by atoms with van der Waals surface area (Å²) in [5, 5.41) is 6.89. The number of rotatable bonds is 6. The van der Waals surface area contributed by atoms with Gasteiger partial charge in [-0.25, -0.2) is 0 Å². The van der Waals surface area contributed by atoms with Crippen molar-refractivity contribution in [2.45, 2.75) is 33.1 Å². The number of aromatic nitrogens is 2. The van der Waals surface area contributed by atoms with Crippen molar-refractivity contribution in [3.8, 4) is 0 Å². The van der Waals surface area contributed by atoms with Crippen LogP contribution in [0, 0.1) is 0 Å². The Hall–Kier alpha value is -1.78. The third kappa shape index (κ3) is 2.91. The van der Waals surface area contributed by atoms with Crippen molar-refractivity contribution >= 4 is 11.6 Å². The lowest BCUT2D eigenvalue weighted by Gasteiger charge is -2.19. The summed E-state index contributed by atoms with van der Waals surface area (Å²) in [4.78, 5) is 14.0. The van der Waals surface area contributed by atoms with Gasteiger partial charge < -0.3 is 10.6 Å². The van der Waals surface area contributed by atoms with Gasteiger partial charge in [-0.3, -0.25) is 9.89 Å². The lowest BCUT2D eigenvalue weighted by atomic mass is 10.1. The second-order valence-corrected chi connectivity index (χ2v) is 4.59. The van der Waals surface area contributed by atoms with Crippen molar-refractivity contribution < 1.29 is 4.79 Å². The van der Waals surface area contributed by atoms with Gasteiger partial charge in [-0.1, -0.05) is 26.8 Å². The molecule has 5 nitrogen and oxygen atoms in total. The van der Waals surface area contributed by atoms with E-state index in [-0.39, 0.29) is 11.8 Å². The van der Waals surface area contributed by atoms with Crippen LogP contribution < -0.4 is 5.73 Å². The second-order valence-electron chi connectivity index (χ2n) is 4.59. The minimum Gasteiger partial charge on any atom is -0.395 e. The van der Waals surface area contributed by atoms with Crippen LogP contribution >= 0.6 is 0 Å². The van der Waals surface area contributed by atoms with Gasteiger partial charge in [0, 0.05) is 13.1 Å². The summed E-state index contributed by atoms with van der Waals surface area (Å²) in [6, 6.07) is 0. The number of carbonyl (C=O) groups is 1. The zero-order chi connectivity index (χ0) is 13.7. The molecular formula is C13H22N4O. The lowest BCUT2D eigenvalue weighted by molar-refractivity contribution is 0.0769. The van der Waals surface area contributed by atoms with E-state index in [1.807, 2.05) is 20.8 Å². The average Bonchev–Trinajstić information content (AvgIpc) is 2.70. The van der Waals surface area contributed by atoms with E-state index in [0.717, 1.165) is 12.1 Å². The Morgan fingerprint density at radius 3 is 2.72 bits per heavy atom. The molecule has 0 aromatic carbocycles. The Kier molecular flexibility index (Phi) is 4.95. The van der Waals surface area contributed by atoms with Gasteiger partial charge >= 0.3 is 0 Å². The molecule has 0 saturated carbocycles. The van der Waals surface area contributed by atoms with Crippen molar-refractivity contribution in [3.05, 3.63) is 24.0 Å². The lowest BCUT2D eigenvalue weighted by Crippen LogP contribution is -2.32. The highest BCUT2D eigenvalue weighted by Crippen LogP contribution is 2.23. The predicted molar refractivity (Wildman–Crippen MR) is 73.5 cm³/mol. The Balaban J connectivity index is 2.97. The minimum absolute atomic E-state index is 0.141. The molecule has 0 atom stereocenters. The van der Waals surface area contributed by atoms with E-state index in [9.17, 15) is 4.79 Å². The number of amides is 1. The van der Waals surface area contributed by atoms with Crippen LogP contribution in [-0.2, 0) is 0 Å². The molecule has 1 amide bonds. The molecule has 0 aliphatic rings. The summed E-state index contributed by atoms with van der Waals surface area (Å²) < 4.78 is 0. The van der Waals surface area contributed by atoms with Crippen molar-refractivity contribution in [1.29, 1.82) is 0 Å². The average molecular weight is 250 g/mol. The molecule has 0 bridgehead atoms. The molecule has 1 rings (SSSR count). The molecular weight excluding hydrogens is 228 g/mol. The zero-order valence-electron chi connectivity index (χ0n) is 11.4.